The number of aryl methyl sites for hydroxylation is 1. The lowest BCUT2D eigenvalue weighted by atomic mass is 10.2. The number of hydrogen-bond acceptors (Lipinski definition) is 3. The number of aromatic amines is 1. The van der Waals surface area contributed by atoms with E-state index in [2.05, 4.69) is 9.97 Å². The zero-order valence-electron chi connectivity index (χ0n) is 9.53. The molecule has 0 fully saturated rings. The van der Waals surface area contributed by atoms with Crippen molar-refractivity contribution in [2.24, 2.45) is 0 Å². The second kappa shape index (κ2) is 3.80. The predicted molar refractivity (Wildman–Crippen MR) is 64.8 cm³/mol. The monoisotopic (exact) mass is 244 g/mol. The summed E-state index contributed by atoms with van der Waals surface area (Å²) in [6.07, 6.45) is 0. The molecule has 90 valence electrons. The van der Waals surface area contributed by atoms with Gasteiger partial charge in [-0.2, -0.15) is 0 Å². The second-order valence-electron chi connectivity index (χ2n) is 4.01. The Balaban J connectivity index is 2.22. The minimum atomic E-state index is -0.329. The van der Waals surface area contributed by atoms with Crippen molar-refractivity contribution >= 4 is 11.0 Å². The van der Waals surface area contributed by atoms with E-state index in [0.29, 0.717) is 28.2 Å². The van der Waals surface area contributed by atoms with Crippen LogP contribution < -0.4 is 5.56 Å². The van der Waals surface area contributed by atoms with Crippen molar-refractivity contribution in [3.05, 3.63) is 52.3 Å². The molecule has 0 bridgehead atoms. The molecule has 0 aliphatic carbocycles. The number of fused-ring (bicyclic) bond motifs is 1. The molecule has 0 saturated carbocycles. The summed E-state index contributed by atoms with van der Waals surface area (Å²) >= 11 is 0. The van der Waals surface area contributed by atoms with Crippen molar-refractivity contribution in [3.8, 4) is 11.5 Å². The topological polar surface area (TPSA) is 58.9 Å². The highest BCUT2D eigenvalue weighted by Crippen LogP contribution is 2.26. The van der Waals surface area contributed by atoms with Gasteiger partial charge < -0.3 is 9.40 Å². The summed E-state index contributed by atoms with van der Waals surface area (Å²) in [5, 5.41) is 0.643. The van der Waals surface area contributed by atoms with Crippen molar-refractivity contribution in [2.75, 3.05) is 0 Å². The molecule has 0 aliphatic rings. The van der Waals surface area contributed by atoms with Crippen molar-refractivity contribution in [1.29, 1.82) is 0 Å². The van der Waals surface area contributed by atoms with Crippen molar-refractivity contribution in [1.82, 2.24) is 9.97 Å². The Bertz CT molecular complexity index is 789. The quantitative estimate of drug-likeness (QED) is 0.715. The molecule has 0 atom stereocenters. The maximum Gasteiger partial charge on any atom is 0.251 e. The fraction of sp³-hybridized carbons (Fsp3) is 0.0769. The number of aromatic nitrogens is 2. The van der Waals surface area contributed by atoms with Crippen molar-refractivity contribution in [3.63, 3.8) is 0 Å². The van der Waals surface area contributed by atoms with Crippen LogP contribution in [0.4, 0.5) is 4.39 Å². The van der Waals surface area contributed by atoms with Gasteiger partial charge in [0.15, 0.2) is 5.76 Å². The number of rotatable bonds is 1. The summed E-state index contributed by atoms with van der Waals surface area (Å²) < 4.78 is 18.6. The summed E-state index contributed by atoms with van der Waals surface area (Å²) in [7, 11) is 0. The van der Waals surface area contributed by atoms with Crippen molar-refractivity contribution in [2.45, 2.75) is 6.92 Å². The third-order valence-corrected chi connectivity index (χ3v) is 2.59. The first kappa shape index (κ1) is 10.7. The van der Waals surface area contributed by atoms with Gasteiger partial charge in [-0.05, 0) is 31.2 Å². The molecule has 3 rings (SSSR count). The van der Waals surface area contributed by atoms with Crippen LogP contribution in [0.1, 0.15) is 5.82 Å². The first-order valence-electron chi connectivity index (χ1n) is 5.39. The highest BCUT2D eigenvalue weighted by Gasteiger charge is 2.09. The van der Waals surface area contributed by atoms with Crippen LogP contribution in [-0.4, -0.2) is 9.97 Å². The Kier molecular flexibility index (Phi) is 2.26. The first-order valence-corrected chi connectivity index (χ1v) is 5.39. The fourth-order valence-electron chi connectivity index (χ4n) is 1.85. The normalized spacial score (nSPS) is 11.0. The van der Waals surface area contributed by atoms with Crippen LogP contribution >= 0.6 is 0 Å². The van der Waals surface area contributed by atoms with Gasteiger partial charge in [0, 0.05) is 11.5 Å². The maximum absolute atomic E-state index is 13.1. The van der Waals surface area contributed by atoms with E-state index >= 15 is 0 Å². The third-order valence-electron chi connectivity index (χ3n) is 2.59. The summed E-state index contributed by atoms with van der Waals surface area (Å²) in [5.74, 6) is 0.624. The molecular formula is C13H9FN2O2. The Labute approximate surface area is 101 Å². The zero-order valence-corrected chi connectivity index (χ0v) is 9.53. The van der Waals surface area contributed by atoms with Crippen LogP contribution in [0.5, 0.6) is 0 Å². The van der Waals surface area contributed by atoms with Gasteiger partial charge in [0.1, 0.15) is 22.9 Å². The number of H-pyrrole nitrogens is 1. The van der Waals surface area contributed by atoms with Crippen LogP contribution in [0, 0.1) is 12.7 Å². The molecule has 0 saturated heterocycles. The predicted octanol–water partition coefficient (Wildman–Crippen LogP) is 2.63. The van der Waals surface area contributed by atoms with E-state index in [-0.39, 0.29) is 11.4 Å². The SMILES string of the molecule is Cc1nc(-c2cc3cc(F)ccc3o2)cc(=O)[nH]1. The van der Waals surface area contributed by atoms with Crippen LogP contribution in [0.25, 0.3) is 22.4 Å². The van der Waals surface area contributed by atoms with E-state index in [9.17, 15) is 9.18 Å². The van der Waals surface area contributed by atoms with Gasteiger partial charge in [-0.25, -0.2) is 9.37 Å². The third kappa shape index (κ3) is 1.79. The van der Waals surface area contributed by atoms with Crippen LogP contribution in [0.2, 0.25) is 0 Å². The van der Waals surface area contributed by atoms with Gasteiger partial charge in [-0.15, -0.1) is 0 Å². The molecule has 1 N–H and O–H groups in total. The number of nitrogens with one attached hydrogen (secondary N) is 1. The van der Waals surface area contributed by atoms with Gasteiger partial charge in [-0.1, -0.05) is 0 Å². The Morgan fingerprint density at radius 1 is 1.28 bits per heavy atom. The van der Waals surface area contributed by atoms with Crippen LogP contribution in [-0.2, 0) is 0 Å². The maximum atomic E-state index is 13.1. The molecule has 2 heterocycles. The Hall–Kier alpha value is -2.43. The largest absolute Gasteiger partial charge is 0.454 e. The lowest BCUT2D eigenvalue weighted by Gasteiger charge is -1.96. The van der Waals surface area contributed by atoms with Gasteiger partial charge >= 0.3 is 0 Å². The van der Waals surface area contributed by atoms with E-state index in [4.69, 9.17) is 4.42 Å². The lowest BCUT2D eigenvalue weighted by molar-refractivity contribution is 0.617. The molecule has 0 amide bonds. The highest BCUT2D eigenvalue weighted by molar-refractivity contribution is 5.82. The number of nitrogens with zero attached hydrogens (tertiary/aromatic N) is 1. The van der Waals surface area contributed by atoms with Crippen LogP contribution in [0.3, 0.4) is 0 Å². The number of halogens is 1. The molecule has 5 heteroatoms. The van der Waals surface area contributed by atoms with E-state index in [1.807, 2.05) is 0 Å². The smallest absolute Gasteiger partial charge is 0.251 e. The molecule has 1 aromatic carbocycles. The van der Waals surface area contributed by atoms with Gasteiger partial charge in [-0.3, -0.25) is 4.79 Å². The molecule has 0 radical (unpaired) electrons. The minimum Gasteiger partial charge on any atom is -0.454 e. The van der Waals surface area contributed by atoms with E-state index in [1.165, 1.54) is 18.2 Å². The van der Waals surface area contributed by atoms with Crippen LogP contribution in [0.15, 0.2) is 39.5 Å². The molecular weight excluding hydrogens is 235 g/mol. The van der Waals surface area contributed by atoms with Gasteiger partial charge in [0.25, 0.3) is 5.56 Å². The Morgan fingerprint density at radius 2 is 2.11 bits per heavy atom. The number of furan rings is 1. The van der Waals surface area contributed by atoms with E-state index in [1.54, 1.807) is 19.1 Å². The molecule has 2 aromatic heterocycles. The lowest BCUT2D eigenvalue weighted by Crippen LogP contribution is -2.08. The second-order valence-corrected chi connectivity index (χ2v) is 4.01. The Morgan fingerprint density at radius 3 is 2.89 bits per heavy atom. The molecule has 0 aliphatic heterocycles. The molecule has 4 nitrogen and oxygen atoms in total. The number of benzene rings is 1. The average Bonchev–Trinajstić information content (AvgIpc) is 2.70. The number of hydrogen-bond donors (Lipinski definition) is 1. The fourth-order valence-corrected chi connectivity index (χ4v) is 1.85. The zero-order chi connectivity index (χ0) is 12.7. The summed E-state index contributed by atoms with van der Waals surface area (Å²) in [6.45, 7) is 1.69. The van der Waals surface area contributed by atoms with E-state index < -0.39 is 0 Å². The van der Waals surface area contributed by atoms with E-state index in [0.717, 1.165) is 0 Å². The molecule has 18 heavy (non-hydrogen) atoms. The van der Waals surface area contributed by atoms with Gasteiger partial charge in [0.2, 0.25) is 0 Å². The standard InChI is InChI=1S/C13H9FN2O2/c1-7-15-10(6-13(17)16-7)12-5-8-4-9(14)2-3-11(8)18-12/h2-6H,1H3,(H,15,16,17). The summed E-state index contributed by atoms with van der Waals surface area (Å²) in [6, 6.07) is 7.27. The highest BCUT2D eigenvalue weighted by atomic mass is 19.1. The minimum absolute atomic E-state index is 0.246. The molecule has 0 unspecified atom stereocenters. The average molecular weight is 244 g/mol. The molecule has 3 aromatic rings. The summed E-state index contributed by atoms with van der Waals surface area (Å²) in [4.78, 5) is 18.1. The van der Waals surface area contributed by atoms with Crippen molar-refractivity contribution < 1.29 is 8.81 Å². The van der Waals surface area contributed by atoms with Gasteiger partial charge in [0.05, 0.1) is 0 Å². The molecule has 0 spiro atoms. The first-order chi connectivity index (χ1) is 8.61. The summed E-state index contributed by atoms with van der Waals surface area (Å²) in [5.41, 5.74) is 0.753.